The van der Waals surface area contributed by atoms with E-state index in [-0.39, 0.29) is 18.2 Å². The Morgan fingerprint density at radius 2 is 2.00 bits per heavy atom. The van der Waals surface area contributed by atoms with E-state index in [9.17, 15) is 4.79 Å². The maximum absolute atomic E-state index is 12.0. The highest BCUT2D eigenvalue weighted by atomic mass is 16.3. The van der Waals surface area contributed by atoms with E-state index in [4.69, 9.17) is 5.11 Å². The number of amides is 1. The van der Waals surface area contributed by atoms with Gasteiger partial charge in [-0.1, -0.05) is 23.8 Å². The Balaban J connectivity index is 2.19. The zero-order chi connectivity index (χ0) is 13.0. The smallest absolute Gasteiger partial charge is 0.274 e. The third-order valence-electron chi connectivity index (χ3n) is 2.59. The number of aliphatic hydroxyl groups excluding tert-OH is 1. The highest BCUT2D eigenvalue weighted by molar-refractivity contribution is 6.03. The predicted molar refractivity (Wildman–Crippen MR) is 69.3 cm³/mol. The molecule has 92 valence electrons. The van der Waals surface area contributed by atoms with Gasteiger partial charge in [-0.25, -0.2) is 0 Å². The molecule has 0 saturated heterocycles. The summed E-state index contributed by atoms with van der Waals surface area (Å²) in [5.74, 6) is -0.316. The summed E-state index contributed by atoms with van der Waals surface area (Å²) in [7, 11) is 0. The summed E-state index contributed by atoms with van der Waals surface area (Å²) in [5.41, 5.74) is 2.60. The molecule has 4 heteroatoms. The lowest BCUT2D eigenvalue weighted by atomic mass is 10.2. The predicted octanol–water partition coefficient (Wildman–Crippen LogP) is 2.13. The van der Waals surface area contributed by atoms with Gasteiger partial charge in [0, 0.05) is 17.4 Å². The highest BCUT2D eigenvalue weighted by Crippen LogP contribution is 2.12. The zero-order valence-electron chi connectivity index (χ0n) is 10.1. The lowest BCUT2D eigenvalue weighted by Gasteiger charge is -2.07. The summed E-state index contributed by atoms with van der Waals surface area (Å²) in [6.07, 6.45) is 1.53. The average molecular weight is 242 g/mol. The second-order valence-corrected chi connectivity index (χ2v) is 3.99. The Morgan fingerprint density at radius 1 is 1.28 bits per heavy atom. The van der Waals surface area contributed by atoms with Gasteiger partial charge in [0.1, 0.15) is 5.69 Å². The molecule has 0 saturated carbocycles. The lowest BCUT2D eigenvalue weighted by molar-refractivity contribution is 0.101. The number of anilines is 1. The van der Waals surface area contributed by atoms with Crippen LogP contribution in [0.5, 0.6) is 0 Å². The zero-order valence-corrected chi connectivity index (χ0v) is 10.1. The molecule has 0 fully saturated rings. The van der Waals surface area contributed by atoms with E-state index < -0.39 is 0 Å². The maximum atomic E-state index is 12.0. The minimum absolute atomic E-state index is 0.204. The number of benzene rings is 1. The third-order valence-corrected chi connectivity index (χ3v) is 2.59. The average Bonchev–Trinajstić information content (AvgIpc) is 2.41. The minimum Gasteiger partial charge on any atom is -0.392 e. The number of aromatic nitrogens is 1. The van der Waals surface area contributed by atoms with E-state index in [1.807, 2.05) is 31.2 Å². The lowest BCUT2D eigenvalue weighted by Crippen LogP contribution is -2.16. The van der Waals surface area contributed by atoms with Crippen LogP contribution in [-0.4, -0.2) is 16.0 Å². The standard InChI is InChI=1S/C14H14N2O2/c1-10-4-6-12(7-5-10)16-14(18)13-11(9-17)3-2-8-15-13/h2-8,17H,9H2,1H3,(H,16,18). The van der Waals surface area contributed by atoms with Gasteiger partial charge in [-0.3, -0.25) is 9.78 Å². The molecule has 2 rings (SSSR count). The van der Waals surface area contributed by atoms with Crippen LogP contribution in [0.15, 0.2) is 42.6 Å². The van der Waals surface area contributed by atoms with Crippen LogP contribution >= 0.6 is 0 Å². The van der Waals surface area contributed by atoms with Gasteiger partial charge in [0.15, 0.2) is 0 Å². The number of carbonyl (C=O) groups excluding carboxylic acids is 1. The molecule has 1 heterocycles. The van der Waals surface area contributed by atoms with Gasteiger partial charge in [0.05, 0.1) is 6.61 Å². The highest BCUT2D eigenvalue weighted by Gasteiger charge is 2.11. The number of nitrogens with one attached hydrogen (secondary N) is 1. The first-order valence-electron chi connectivity index (χ1n) is 5.63. The molecule has 2 aromatic rings. The molecule has 2 N–H and O–H groups in total. The summed E-state index contributed by atoms with van der Waals surface area (Å²) in [5, 5.41) is 11.9. The first-order chi connectivity index (χ1) is 8.70. The Kier molecular flexibility index (Phi) is 3.69. The molecule has 0 radical (unpaired) electrons. The fraction of sp³-hybridized carbons (Fsp3) is 0.143. The fourth-order valence-corrected chi connectivity index (χ4v) is 1.60. The largest absolute Gasteiger partial charge is 0.392 e. The van der Waals surface area contributed by atoms with Crippen LogP contribution in [0.25, 0.3) is 0 Å². The number of carbonyl (C=O) groups is 1. The van der Waals surface area contributed by atoms with E-state index in [1.54, 1.807) is 12.1 Å². The van der Waals surface area contributed by atoms with Crippen LogP contribution in [0.1, 0.15) is 21.6 Å². The minimum atomic E-state index is -0.316. The van der Waals surface area contributed by atoms with Crippen LogP contribution in [-0.2, 0) is 6.61 Å². The summed E-state index contributed by atoms with van der Waals surface area (Å²) in [4.78, 5) is 16.0. The van der Waals surface area contributed by atoms with Gasteiger partial charge in [0.2, 0.25) is 0 Å². The molecule has 0 atom stereocenters. The fourth-order valence-electron chi connectivity index (χ4n) is 1.60. The second-order valence-electron chi connectivity index (χ2n) is 3.99. The molecule has 18 heavy (non-hydrogen) atoms. The van der Waals surface area contributed by atoms with Crippen molar-refractivity contribution in [1.82, 2.24) is 4.98 Å². The van der Waals surface area contributed by atoms with Crippen molar-refractivity contribution in [3.63, 3.8) is 0 Å². The molecule has 0 unspecified atom stereocenters. The molecule has 0 bridgehead atoms. The molecular formula is C14H14N2O2. The number of hydrogen-bond donors (Lipinski definition) is 2. The van der Waals surface area contributed by atoms with E-state index in [1.165, 1.54) is 6.20 Å². The molecule has 1 aromatic carbocycles. The van der Waals surface area contributed by atoms with Crippen molar-refractivity contribution in [3.8, 4) is 0 Å². The van der Waals surface area contributed by atoms with Crippen LogP contribution < -0.4 is 5.32 Å². The quantitative estimate of drug-likeness (QED) is 0.866. The number of hydrogen-bond acceptors (Lipinski definition) is 3. The van der Waals surface area contributed by atoms with Crippen LogP contribution in [0, 0.1) is 6.92 Å². The second kappa shape index (κ2) is 5.42. The summed E-state index contributed by atoms with van der Waals surface area (Å²) in [6, 6.07) is 10.9. The summed E-state index contributed by atoms with van der Waals surface area (Å²) >= 11 is 0. The Hall–Kier alpha value is -2.20. The van der Waals surface area contributed by atoms with Crippen LogP contribution in [0.4, 0.5) is 5.69 Å². The molecule has 1 amide bonds. The Bertz CT molecular complexity index is 550. The van der Waals surface area contributed by atoms with Gasteiger partial charge >= 0.3 is 0 Å². The molecule has 4 nitrogen and oxygen atoms in total. The molecule has 0 aliphatic rings. The molecule has 1 aromatic heterocycles. The third kappa shape index (κ3) is 2.73. The Morgan fingerprint density at radius 3 is 2.67 bits per heavy atom. The van der Waals surface area contributed by atoms with Gasteiger partial charge in [0.25, 0.3) is 5.91 Å². The number of nitrogens with zero attached hydrogens (tertiary/aromatic N) is 1. The van der Waals surface area contributed by atoms with Gasteiger partial charge in [-0.15, -0.1) is 0 Å². The number of pyridine rings is 1. The van der Waals surface area contributed by atoms with E-state index in [2.05, 4.69) is 10.3 Å². The number of rotatable bonds is 3. The van der Waals surface area contributed by atoms with Crippen LogP contribution in [0.3, 0.4) is 0 Å². The summed E-state index contributed by atoms with van der Waals surface area (Å²) < 4.78 is 0. The molecule has 0 aliphatic heterocycles. The van der Waals surface area contributed by atoms with Crippen molar-refractivity contribution < 1.29 is 9.90 Å². The van der Waals surface area contributed by atoms with Gasteiger partial charge in [-0.05, 0) is 25.1 Å². The summed E-state index contributed by atoms with van der Waals surface area (Å²) in [6.45, 7) is 1.78. The SMILES string of the molecule is Cc1ccc(NC(=O)c2ncccc2CO)cc1. The van der Waals surface area contributed by atoms with Crippen molar-refractivity contribution >= 4 is 11.6 Å². The van der Waals surface area contributed by atoms with Crippen molar-refractivity contribution in [2.75, 3.05) is 5.32 Å². The van der Waals surface area contributed by atoms with E-state index in [0.717, 1.165) is 5.56 Å². The van der Waals surface area contributed by atoms with Crippen molar-refractivity contribution in [2.24, 2.45) is 0 Å². The van der Waals surface area contributed by atoms with Gasteiger partial charge < -0.3 is 10.4 Å². The monoisotopic (exact) mass is 242 g/mol. The van der Waals surface area contributed by atoms with Gasteiger partial charge in [-0.2, -0.15) is 0 Å². The molecule has 0 spiro atoms. The Labute approximate surface area is 105 Å². The van der Waals surface area contributed by atoms with Crippen molar-refractivity contribution in [1.29, 1.82) is 0 Å². The first-order valence-corrected chi connectivity index (χ1v) is 5.63. The molecule has 0 aliphatic carbocycles. The van der Waals surface area contributed by atoms with Crippen molar-refractivity contribution in [2.45, 2.75) is 13.5 Å². The first kappa shape index (κ1) is 12.3. The molecular weight excluding hydrogens is 228 g/mol. The van der Waals surface area contributed by atoms with E-state index in [0.29, 0.717) is 11.3 Å². The maximum Gasteiger partial charge on any atom is 0.274 e. The van der Waals surface area contributed by atoms with E-state index >= 15 is 0 Å². The van der Waals surface area contributed by atoms with Crippen LogP contribution in [0.2, 0.25) is 0 Å². The normalized spacial score (nSPS) is 10.1. The topological polar surface area (TPSA) is 62.2 Å². The van der Waals surface area contributed by atoms with Crippen molar-refractivity contribution in [3.05, 3.63) is 59.4 Å². The number of aryl methyl sites for hydroxylation is 1. The number of aliphatic hydroxyl groups is 1.